The van der Waals surface area contributed by atoms with E-state index in [4.69, 9.17) is 5.73 Å². The van der Waals surface area contributed by atoms with E-state index in [9.17, 15) is 37.8 Å². The van der Waals surface area contributed by atoms with Gasteiger partial charge < -0.3 is 15.4 Å². The number of nitro benzene ring substituents is 1. The number of phenolic OH excluding ortho intramolecular Hbond substituents is 1. The van der Waals surface area contributed by atoms with Gasteiger partial charge >= 0.3 is 29.6 Å². The third-order valence-corrected chi connectivity index (χ3v) is 4.98. The van der Waals surface area contributed by atoms with Crippen molar-refractivity contribution in [2.24, 2.45) is 10.2 Å². The molecule has 3 rings (SSSR count). The molecule has 0 saturated heterocycles. The van der Waals surface area contributed by atoms with Crippen molar-refractivity contribution in [2.45, 2.75) is 4.90 Å². The molecule has 170 valence electrons. The zero-order valence-corrected chi connectivity index (χ0v) is 20.1. The van der Waals surface area contributed by atoms with Crippen LogP contribution in [-0.2, 0) is 10.1 Å². The van der Waals surface area contributed by atoms with Gasteiger partial charge in [0, 0.05) is 6.07 Å². The van der Waals surface area contributed by atoms with Crippen LogP contribution in [0.3, 0.4) is 0 Å². The minimum atomic E-state index is -4.81. The van der Waals surface area contributed by atoms with E-state index in [1.165, 1.54) is 12.1 Å². The van der Waals surface area contributed by atoms with Crippen molar-refractivity contribution in [3.8, 4) is 5.75 Å². The third kappa shape index (κ3) is 6.03. The van der Waals surface area contributed by atoms with Crippen molar-refractivity contribution in [1.82, 2.24) is 0 Å². The molecule has 0 fully saturated rings. The topological polar surface area (TPSA) is 230 Å². The Hall–Kier alpha value is -3.63. The van der Waals surface area contributed by atoms with E-state index in [1.54, 1.807) is 0 Å². The quantitative estimate of drug-likeness (QED) is 0.0646. The standard InChI is InChI=1S/C18H14N6O8S.Na/c19-11-7-9(1-4-14(11)24(28)29)20-23-17-16(26)6-3-12(18(17)27)21-22-13-8-10(33(30,31)32)2-5-15(13)25;/h1-8,20,22,25H,19H2,(H,30,31,32);/q;+1/p-1/b21-12+,23-17+;. The van der Waals surface area contributed by atoms with Gasteiger partial charge in [-0.15, -0.1) is 0 Å². The molecule has 14 nitrogen and oxygen atoms in total. The second kappa shape index (κ2) is 10.5. The van der Waals surface area contributed by atoms with Gasteiger partial charge in [-0.3, -0.25) is 30.6 Å². The van der Waals surface area contributed by atoms with E-state index in [0.717, 1.165) is 36.4 Å². The maximum absolute atomic E-state index is 12.6. The van der Waals surface area contributed by atoms with Crippen LogP contribution in [0.25, 0.3) is 0 Å². The Labute approximate surface area is 212 Å². The van der Waals surface area contributed by atoms with Crippen LogP contribution in [0.2, 0.25) is 0 Å². The summed E-state index contributed by atoms with van der Waals surface area (Å²) in [6, 6.07) is 8.27. The normalized spacial score (nSPS) is 12.1. The fourth-order valence-corrected chi connectivity index (χ4v) is 3.02. The number of aromatic hydroxyl groups is 1. The summed E-state index contributed by atoms with van der Waals surface area (Å²) in [5.41, 5.74) is 7.92. The summed E-state index contributed by atoms with van der Waals surface area (Å²) in [5.74, 6) is -0.457. The molecule has 0 aromatic heterocycles. The molecule has 0 bridgehead atoms. The molecule has 34 heavy (non-hydrogen) atoms. The maximum atomic E-state index is 12.6. The number of benzene rings is 3. The average Bonchev–Trinajstić information content (AvgIpc) is 2.73. The van der Waals surface area contributed by atoms with Crippen LogP contribution in [0, 0.1) is 10.1 Å². The predicted molar refractivity (Wildman–Crippen MR) is 113 cm³/mol. The molecule has 5 N–H and O–H groups in total. The molecule has 0 spiro atoms. The Morgan fingerprint density at radius 1 is 1.00 bits per heavy atom. The number of nitrogens with two attached hydrogens (primary N) is 1. The van der Waals surface area contributed by atoms with E-state index in [-0.39, 0.29) is 57.7 Å². The molecule has 0 aliphatic carbocycles. The first-order valence-corrected chi connectivity index (χ1v) is 10.2. The van der Waals surface area contributed by atoms with Gasteiger partial charge in [-0.1, -0.05) is 0 Å². The number of rotatable bonds is 6. The minimum absolute atomic E-state index is 0. The number of nitro groups is 1. The van der Waals surface area contributed by atoms with Crippen LogP contribution in [-0.4, -0.2) is 23.0 Å². The van der Waals surface area contributed by atoms with Gasteiger partial charge in [0.1, 0.15) is 26.9 Å². The van der Waals surface area contributed by atoms with E-state index < -0.39 is 41.9 Å². The van der Waals surface area contributed by atoms with E-state index in [1.807, 2.05) is 0 Å². The van der Waals surface area contributed by atoms with Crippen molar-refractivity contribution in [3.63, 3.8) is 0 Å². The summed E-state index contributed by atoms with van der Waals surface area (Å²) in [6.45, 7) is 0. The summed E-state index contributed by atoms with van der Waals surface area (Å²) < 4.78 is 33.4. The van der Waals surface area contributed by atoms with Crippen LogP contribution in [0.5, 0.6) is 5.75 Å². The molecule has 0 radical (unpaired) electrons. The van der Waals surface area contributed by atoms with Crippen LogP contribution in [0.15, 0.2) is 73.2 Å². The van der Waals surface area contributed by atoms with Crippen LogP contribution < -0.4 is 67.7 Å². The predicted octanol–water partition coefficient (Wildman–Crippen LogP) is -3.76. The van der Waals surface area contributed by atoms with E-state index in [0.29, 0.717) is 0 Å². The molecular weight excluding hydrogens is 483 g/mol. The first kappa shape index (κ1) is 26.6. The van der Waals surface area contributed by atoms with Gasteiger partial charge in [0.05, 0.1) is 21.2 Å². The van der Waals surface area contributed by atoms with Crippen LogP contribution in [0.1, 0.15) is 0 Å². The SMILES string of the molecule is Nc1cc(N/N=c2\c(=O)cc/c(=N\Nc3cc(S(=O)(=O)[O-])ccc3O)c2=O)ccc1[N+](=O)[O-].[Na+]. The number of phenols is 1. The van der Waals surface area contributed by atoms with Crippen molar-refractivity contribution >= 4 is 32.9 Å². The molecular formula is C18H13N6NaO8S. The van der Waals surface area contributed by atoms with Crippen molar-refractivity contribution in [2.75, 3.05) is 16.6 Å². The number of nitrogen functional groups attached to an aromatic ring is 1. The molecule has 0 unspecified atom stereocenters. The largest absolute Gasteiger partial charge is 1.00 e. The van der Waals surface area contributed by atoms with Gasteiger partial charge in [-0.2, -0.15) is 10.2 Å². The summed E-state index contributed by atoms with van der Waals surface area (Å²) in [6.07, 6.45) is 0. The molecule has 0 aliphatic rings. The number of anilines is 3. The van der Waals surface area contributed by atoms with Crippen LogP contribution >= 0.6 is 0 Å². The molecule has 0 saturated carbocycles. The van der Waals surface area contributed by atoms with E-state index in [2.05, 4.69) is 21.1 Å². The molecule has 0 amide bonds. The number of nitrogens with zero attached hydrogens (tertiary/aromatic N) is 3. The van der Waals surface area contributed by atoms with Crippen molar-refractivity contribution in [1.29, 1.82) is 0 Å². The Balaban J connectivity index is 0.00000408. The average molecular weight is 496 g/mol. The van der Waals surface area contributed by atoms with Gasteiger partial charge in [0.25, 0.3) is 5.69 Å². The smallest absolute Gasteiger partial charge is 0.744 e. The molecule has 3 aromatic carbocycles. The second-order valence-corrected chi connectivity index (χ2v) is 7.75. The van der Waals surface area contributed by atoms with Crippen molar-refractivity contribution in [3.05, 3.63) is 89.8 Å². The van der Waals surface area contributed by atoms with Gasteiger partial charge in [-0.05, 0) is 42.5 Å². The third-order valence-electron chi connectivity index (χ3n) is 4.15. The van der Waals surface area contributed by atoms with Gasteiger partial charge in [-0.25, -0.2) is 8.42 Å². The first-order valence-electron chi connectivity index (χ1n) is 8.74. The second-order valence-electron chi connectivity index (χ2n) is 6.37. The van der Waals surface area contributed by atoms with Gasteiger partial charge in [0.2, 0.25) is 10.9 Å². The Morgan fingerprint density at radius 2 is 1.71 bits per heavy atom. The molecule has 0 atom stereocenters. The zero-order valence-electron chi connectivity index (χ0n) is 17.3. The monoisotopic (exact) mass is 496 g/mol. The minimum Gasteiger partial charge on any atom is -0.744 e. The van der Waals surface area contributed by atoms with Crippen molar-refractivity contribution < 1.29 is 52.6 Å². The molecule has 16 heteroatoms. The fourth-order valence-electron chi connectivity index (χ4n) is 2.53. The Bertz CT molecular complexity index is 1600. The molecule has 0 aliphatic heterocycles. The zero-order chi connectivity index (χ0) is 24.3. The fraction of sp³-hybridized carbons (Fsp3) is 0. The summed E-state index contributed by atoms with van der Waals surface area (Å²) in [5, 5.41) is 27.2. The molecule has 3 aromatic rings. The first-order chi connectivity index (χ1) is 15.5. The van der Waals surface area contributed by atoms with E-state index >= 15 is 0 Å². The Kier molecular flexibility index (Phi) is 8.25. The number of hydrogen-bond donors (Lipinski definition) is 4. The summed E-state index contributed by atoms with van der Waals surface area (Å²) >= 11 is 0. The Morgan fingerprint density at radius 3 is 2.32 bits per heavy atom. The van der Waals surface area contributed by atoms with Crippen LogP contribution in [0.4, 0.5) is 22.7 Å². The summed E-state index contributed by atoms with van der Waals surface area (Å²) in [4.78, 5) is 34.1. The number of hydrogen-bond acceptors (Lipinski definition) is 13. The summed E-state index contributed by atoms with van der Waals surface area (Å²) in [7, 11) is -4.81. The maximum Gasteiger partial charge on any atom is 1.00 e. The van der Waals surface area contributed by atoms with Gasteiger partial charge in [0.15, 0.2) is 5.36 Å². The molecule has 0 heterocycles. The number of nitrogens with one attached hydrogen (secondary N) is 2.